The number of fused-ring (bicyclic) bond motifs is 1. The third kappa shape index (κ3) is 4.24. The van der Waals surface area contributed by atoms with Crippen LogP contribution in [0.1, 0.15) is 25.6 Å². The molecule has 9 nitrogen and oxygen atoms in total. The fraction of sp³-hybridized carbons (Fsp3) is 0.200. The quantitative estimate of drug-likeness (QED) is 0.458. The van der Waals surface area contributed by atoms with E-state index in [4.69, 9.17) is 9.84 Å². The van der Waals surface area contributed by atoms with Crippen LogP contribution in [0.5, 0.6) is 5.75 Å². The van der Waals surface area contributed by atoms with Crippen molar-refractivity contribution in [1.82, 2.24) is 5.32 Å². The summed E-state index contributed by atoms with van der Waals surface area (Å²) >= 11 is 1.01. The summed E-state index contributed by atoms with van der Waals surface area (Å²) in [5.41, 5.74) is 1.10. The fourth-order valence-corrected chi connectivity index (χ4v) is 3.83. The number of nitrogens with zero attached hydrogens (tertiary/aromatic N) is 1. The van der Waals surface area contributed by atoms with Crippen LogP contribution in [0.3, 0.4) is 0 Å². The molecule has 156 valence electrons. The monoisotopic (exact) mass is 430 g/mol. The van der Waals surface area contributed by atoms with Gasteiger partial charge in [-0.25, -0.2) is 14.4 Å². The number of carboxylic acids is 1. The molecule has 0 saturated heterocycles. The summed E-state index contributed by atoms with van der Waals surface area (Å²) in [6.45, 7) is 0.171. The highest BCUT2D eigenvalue weighted by atomic mass is 32.1. The second-order valence-electron chi connectivity index (χ2n) is 6.73. The minimum Gasteiger partial charge on any atom is -0.497 e. The van der Waals surface area contributed by atoms with Crippen molar-refractivity contribution in [3.05, 3.63) is 58.5 Å². The van der Waals surface area contributed by atoms with E-state index >= 15 is 0 Å². The van der Waals surface area contributed by atoms with E-state index in [1.54, 1.807) is 19.2 Å². The largest absolute Gasteiger partial charge is 0.497 e. The first kappa shape index (κ1) is 21.2. The summed E-state index contributed by atoms with van der Waals surface area (Å²) in [6.07, 6.45) is 2.13. The number of imide groups is 1. The van der Waals surface area contributed by atoms with E-state index in [1.165, 1.54) is 19.2 Å². The Balaban J connectivity index is 1.73. The molecule has 0 saturated carbocycles. The van der Waals surface area contributed by atoms with Gasteiger partial charge in [-0.1, -0.05) is 12.1 Å². The number of urea groups is 1. The van der Waals surface area contributed by atoms with Gasteiger partial charge in [0.1, 0.15) is 22.9 Å². The van der Waals surface area contributed by atoms with E-state index < -0.39 is 22.4 Å². The zero-order valence-electron chi connectivity index (χ0n) is 16.3. The maximum absolute atomic E-state index is 12.9. The van der Waals surface area contributed by atoms with E-state index in [-0.39, 0.29) is 22.9 Å². The Kier molecular flexibility index (Phi) is 5.99. The Bertz CT molecular complexity index is 1040. The number of nitrogens with one attached hydrogen (secondary N) is 2. The van der Waals surface area contributed by atoms with Gasteiger partial charge in [0.05, 0.1) is 19.0 Å². The highest BCUT2D eigenvalue weighted by molar-refractivity contribution is 7.18. The van der Waals surface area contributed by atoms with E-state index in [1.807, 2.05) is 12.1 Å². The van der Waals surface area contributed by atoms with Crippen LogP contribution in [0.25, 0.3) is 0 Å². The number of carbonyl (C=O) groups excluding carboxylic acids is 3. The Hall–Kier alpha value is -3.50. The van der Waals surface area contributed by atoms with Gasteiger partial charge in [0.15, 0.2) is 0 Å². The molecule has 2 aromatic rings. The number of thiophene rings is 1. The number of amides is 4. The van der Waals surface area contributed by atoms with Crippen LogP contribution in [0, 0.1) is 0 Å². The minimum absolute atomic E-state index is 0.120. The van der Waals surface area contributed by atoms with Crippen molar-refractivity contribution in [2.75, 3.05) is 26.0 Å². The number of benzene rings is 1. The van der Waals surface area contributed by atoms with Crippen LogP contribution < -0.4 is 15.4 Å². The molecule has 1 aromatic heterocycles. The van der Waals surface area contributed by atoms with Crippen molar-refractivity contribution in [2.45, 2.75) is 6.54 Å². The summed E-state index contributed by atoms with van der Waals surface area (Å²) in [4.78, 5) is 48.8. The lowest BCUT2D eigenvalue weighted by atomic mass is 10.1. The van der Waals surface area contributed by atoms with E-state index in [0.717, 1.165) is 23.0 Å². The Morgan fingerprint density at radius 2 is 1.97 bits per heavy atom. The van der Waals surface area contributed by atoms with Crippen molar-refractivity contribution in [1.29, 1.82) is 0 Å². The smallest absolute Gasteiger partial charge is 0.429 e. The first-order valence-electron chi connectivity index (χ1n) is 8.91. The standard InChI is InChI=1S/C20H19N3O6S/c1-23(9-3-4-16(24)25)19(27)14-10-15(30-18(14)22-20(23)28)17(26)21-11-12-5-7-13(29-2)8-6-12/h3-8,10H,9,11H2,1-2H3,(H2-,21,22,24,25,26,27,28)/p+1/b4-3+. The SMILES string of the molecule is COc1ccc(CNC(=O)c2cc3c(s2)NC(=O)[N+](C)(C/C=C/C(=O)O)C3=O)cc1. The molecular weight excluding hydrogens is 410 g/mol. The Morgan fingerprint density at radius 3 is 2.60 bits per heavy atom. The highest BCUT2D eigenvalue weighted by Gasteiger charge is 2.47. The molecule has 10 heteroatoms. The number of hydrogen-bond acceptors (Lipinski definition) is 6. The average molecular weight is 430 g/mol. The second kappa shape index (κ2) is 8.47. The summed E-state index contributed by atoms with van der Waals surface area (Å²) in [6, 6.07) is 8.09. The molecule has 3 N–H and O–H groups in total. The van der Waals surface area contributed by atoms with Crippen molar-refractivity contribution in [2.24, 2.45) is 0 Å². The van der Waals surface area contributed by atoms with Gasteiger partial charge >= 0.3 is 17.9 Å². The molecule has 0 radical (unpaired) electrons. The number of quaternary nitrogens is 1. The maximum atomic E-state index is 12.9. The molecule has 0 spiro atoms. The highest BCUT2D eigenvalue weighted by Crippen LogP contribution is 2.35. The van der Waals surface area contributed by atoms with E-state index in [2.05, 4.69) is 10.6 Å². The molecule has 30 heavy (non-hydrogen) atoms. The predicted octanol–water partition coefficient (Wildman–Crippen LogP) is 2.46. The second-order valence-corrected chi connectivity index (χ2v) is 7.79. The molecule has 1 aliphatic heterocycles. The Morgan fingerprint density at radius 1 is 1.27 bits per heavy atom. The Labute approximate surface area is 176 Å². The number of methoxy groups -OCH3 is 1. The minimum atomic E-state index is -1.17. The molecule has 1 aromatic carbocycles. The van der Waals surface area contributed by atoms with E-state index in [9.17, 15) is 19.2 Å². The van der Waals surface area contributed by atoms with Crippen molar-refractivity contribution in [3.63, 3.8) is 0 Å². The number of anilines is 1. The van der Waals surface area contributed by atoms with Crippen LogP contribution in [0.2, 0.25) is 0 Å². The van der Waals surface area contributed by atoms with Gasteiger partial charge in [0.25, 0.3) is 5.91 Å². The summed E-state index contributed by atoms with van der Waals surface area (Å²) in [5, 5.41) is 14.4. The molecular formula is C20H20N3O6S+. The molecule has 0 fully saturated rings. The van der Waals surface area contributed by atoms with Gasteiger partial charge in [-0.15, -0.1) is 11.3 Å². The first-order chi connectivity index (χ1) is 14.2. The lowest BCUT2D eigenvalue weighted by Crippen LogP contribution is -2.58. The molecule has 1 atom stereocenters. The summed E-state index contributed by atoms with van der Waals surface area (Å²) in [7, 11) is 2.97. The normalized spacial score (nSPS) is 18.1. The molecule has 3 rings (SSSR count). The third-order valence-electron chi connectivity index (χ3n) is 4.65. The van der Waals surface area contributed by atoms with Crippen LogP contribution in [-0.2, 0) is 11.3 Å². The molecule has 1 aliphatic rings. The molecule has 4 amide bonds. The molecule has 1 unspecified atom stereocenters. The van der Waals surface area contributed by atoms with Crippen LogP contribution in [-0.4, -0.2) is 54.1 Å². The summed E-state index contributed by atoms with van der Waals surface area (Å²) < 4.78 is 4.43. The van der Waals surface area contributed by atoms with Crippen molar-refractivity contribution >= 4 is 40.2 Å². The maximum Gasteiger partial charge on any atom is 0.429 e. The number of carboxylic acid groups (broad SMARTS) is 1. The zero-order chi connectivity index (χ0) is 21.9. The third-order valence-corrected chi connectivity index (χ3v) is 5.70. The number of aliphatic carboxylic acids is 1. The van der Waals surface area contributed by atoms with Crippen molar-refractivity contribution < 1.29 is 33.5 Å². The van der Waals surface area contributed by atoms with Gasteiger partial charge in [-0.3, -0.25) is 10.1 Å². The zero-order valence-corrected chi connectivity index (χ0v) is 17.1. The lowest BCUT2D eigenvalue weighted by Gasteiger charge is -2.30. The van der Waals surface area contributed by atoms with Crippen LogP contribution in [0.4, 0.5) is 9.80 Å². The number of carbonyl (C=O) groups is 4. The van der Waals surface area contributed by atoms with Gasteiger partial charge in [-0.05, 0) is 29.8 Å². The summed E-state index contributed by atoms with van der Waals surface area (Å²) in [5.74, 6) is -1.33. The average Bonchev–Trinajstić information content (AvgIpc) is 3.14. The van der Waals surface area contributed by atoms with Crippen LogP contribution in [0.15, 0.2) is 42.5 Å². The lowest BCUT2D eigenvalue weighted by molar-refractivity contribution is -0.735. The number of rotatable bonds is 7. The predicted molar refractivity (Wildman–Crippen MR) is 110 cm³/mol. The van der Waals surface area contributed by atoms with Gasteiger partial charge in [0, 0.05) is 12.6 Å². The van der Waals surface area contributed by atoms with Gasteiger partial charge < -0.3 is 15.2 Å². The molecule has 0 bridgehead atoms. The first-order valence-corrected chi connectivity index (χ1v) is 9.72. The molecule has 0 aliphatic carbocycles. The fourth-order valence-electron chi connectivity index (χ4n) is 2.88. The number of hydrogen-bond donors (Lipinski definition) is 3. The van der Waals surface area contributed by atoms with E-state index in [0.29, 0.717) is 17.3 Å². The van der Waals surface area contributed by atoms with Gasteiger partial charge in [0.2, 0.25) is 0 Å². The molecule has 2 heterocycles. The van der Waals surface area contributed by atoms with Gasteiger partial charge in [-0.2, -0.15) is 4.48 Å². The number of ether oxygens (including phenoxy) is 1. The van der Waals surface area contributed by atoms with Crippen LogP contribution >= 0.6 is 11.3 Å². The van der Waals surface area contributed by atoms with Crippen molar-refractivity contribution in [3.8, 4) is 5.75 Å². The number of likely N-dealkylation sites (N-methyl/N-ethyl adjacent to an activating group) is 1. The topological polar surface area (TPSA) is 122 Å².